The van der Waals surface area contributed by atoms with Gasteiger partial charge in [-0.15, -0.1) is 0 Å². The number of hydrazine groups is 1. The SMILES string of the molecule is NNC(Cc1cc(Cl)ccc1Cl)c1ncc[nH]1. The highest BCUT2D eigenvalue weighted by molar-refractivity contribution is 6.33. The Labute approximate surface area is 109 Å². The fourth-order valence-electron chi connectivity index (χ4n) is 1.62. The van der Waals surface area contributed by atoms with Gasteiger partial charge in [0, 0.05) is 22.4 Å². The van der Waals surface area contributed by atoms with E-state index >= 15 is 0 Å². The molecule has 0 amide bonds. The number of aromatic nitrogens is 2. The van der Waals surface area contributed by atoms with Crippen LogP contribution in [0.3, 0.4) is 0 Å². The summed E-state index contributed by atoms with van der Waals surface area (Å²) in [6.45, 7) is 0. The number of nitrogens with one attached hydrogen (secondary N) is 2. The quantitative estimate of drug-likeness (QED) is 0.591. The third-order valence-electron chi connectivity index (χ3n) is 2.48. The number of hydrogen-bond acceptors (Lipinski definition) is 3. The van der Waals surface area contributed by atoms with Crippen LogP contribution in [0.5, 0.6) is 0 Å². The third kappa shape index (κ3) is 2.98. The second kappa shape index (κ2) is 5.51. The maximum Gasteiger partial charge on any atom is 0.124 e. The first-order valence-corrected chi connectivity index (χ1v) is 5.85. The summed E-state index contributed by atoms with van der Waals surface area (Å²) in [5.41, 5.74) is 3.63. The molecule has 17 heavy (non-hydrogen) atoms. The summed E-state index contributed by atoms with van der Waals surface area (Å²) in [7, 11) is 0. The van der Waals surface area contributed by atoms with Crippen molar-refractivity contribution in [3.05, 3.63) is 52.0 Å². The second-order valence-electron chi connectivity index (χ2n) is 3.63. The van der Waals surface area contributed by atoms with Crippen molar-refractivity contribution in [1.82, 2.24) is 15.4 Å². The van der Waals surface area contributed by atoms with Crippen molar-refractivity contribution >= 4 is 23.2 Å². The molecule has 0 bridgehead atoms. The molecule has 4 nitrogen and oxygen atoms in total. The molecule has 0 spiro atoms. The average molecular weight is 271 g/mol. The number of nitrogens with zero attached hydrogens (tertiary/aromatic N) is 1. The van der Waals surface area contributed by atoms with E-state index in [2.05, 4.69) is 15.4 Å². The maximum atomic E-state index is 6.10. The molecule has 0 aliphatic heterocycles. The van der Waals surface area contributed by atoms with Crippen LogP contribution in [0.1, 0.15) is 17.4 Å². The molecule has 1 atom stereocenters. The van der Waals surface area contributed by atoms with Crippen molar-refractivity contribution in [3.63, 3.8) is 0 Å². The number of rotatable bonds is 4. The van der Waals surface area contributed by atoms with Gasteiger partial charge in [0.25, 0.3) is 0 Å². The number of halogens is 2. The number of nitrogens with two attached hydrogens (primary N) is 1. The van der Waals surface area contributed by atoms with Crippen LogP contribution in [-0.2, 0) is 6.42 Å². The van der Waals surface area contributed by atoms with Crippen LogP contribution >= 0.6 is 23.2 Å². The zero-order valence-corrected chi connectivity index (χ0v) is 10.5. The minimum absolute atomic E-state index is 0.124. The molecule has 1 heterocycles. The van der Waals surface area contributed by atoms with Gasteiger partial charge < -0.3 is 4.98 Å². The van der Waals surface area contributed by atoms with Gasteiger partial charge in [-0.3, -0.25) is 5.84 Å². The van der Waals surface area contributed by atoms with Crippen molar-refractivity contribution in [1.29, 1.82) is 0 Å². The fraction of sp³-hybridized carbons (Fsp3) is 0.182. The van der Waals surface area contributed by atoms with Crippen molar-refractivity contribution in [2.75, 3.05) is 0 Å². The third-order valence-corrected chi connectivity index (χ3v) is 3.09. The highest BCUT2D eigenvalue weighted by Gasteiger charge is 2.14. The topological polar surface area (TPSA) is 66.7 Å². The van der Waals surface area contributed by atoms with Gasteiger partial charge in [0.15, 0.2) is 0 Å². The summed E-state index contributed by atoms with van der Waals surface area (Å²) >= 11 is 12.0. The lowest BCUT2D eigenvalue weighted by molar-refractivity contribution is 0.527. The van der Waals surface area contributed by atoms with Crippen LogP contribution in [0, 0.1) is 0 Å². The lowest BCUT2D eigenvalue weighted by Crippen LogP contribution is -2.30. The zero-order valence-electron chi connectivity index (χ0n) is 8.95. The van der Waals surface area contributed by atoms with E-state index in [1.807, 2.05) is 6.07 Å². The minimum atomic E-state index is -0.124. The Balaban J connectivity index is 2.21. The molecule has 0 radical (unpaired) electrons. The van der Waals surface area contributed by atoms with Gasteiger partial charge in [-0.2, -0.15) is 0 Å². The zero-order chi connectivity index (χ0) is 12.3. The molecule has 0 saturated carbocycles. The smallest absolute Gasteiger partial charge is 0.124 e. The molecule has 1 unspecified atom stereocenters. The molecule has 90 valence electrons. The van der Waals surface area contributed by atoms with Crippen LogP contribution in [-0.4, -0.2) is 9.97 Å². The van der Waals surface area contributed by atoms with Crippen molar-refractivity contribution in [2.24, 2.45) is 5.84 Å². The van der Waals surface area contributed by atoms with E-state index in [1.165, 1.54) is 0 Å². The van der Waals surface area contributed by atoms with Crippen LogP contribution in [0.2, 0.25) is 10.0 Å². The molecule has 0 fully saturated rings. The second-order valence-corrected chi connectivity index (χ2v) is 4.48. The Morgan fingerprint density at radius 1 is 1.41 bits per heavy atom. The van der Waals surface area contributed by atoms with E-state index in [9.17, 15) is 0 Å². The predicted molar refractivity (Wildman–Crippen MR) is 68.8 cm³/mol. The van der Waals surface area contributed by atoms with Gasteiger partial charge in [0.05, 0.1) is 6.04 Å². The Hall–Kier alpha value is -1.07. The molecule has 0 aliphatic carbocycles. The van der Waals surface area contributed by atoms with E-state index in [-0.39, 0.29) is 6.04 Å². The summed E-state index contributed by atoms with van der Waals surface area (Å²) < 4.78 is 0. The van der Waals surface area contributed by atoms with E-state index in [1.54, 1.807) is 24.5 Å². The largest absolute Gasteiger partial charge is 0.347 e. The summed E-state index contributed by atoms with van der Waals surface area (Å²) in [6, 6.07) is 5.23. The molecule has 2 aromatic rings. The van der Waals surface area contributed by atoms with E-state index in [0.717, 1.165) is 11.4 Å². The van der Waals surface area contributed by atoms with Gasteiger partial charge in [-0.05, 0) is 30.2 Å². The van der Waals surface area contributed by atoms with Gasteiger partial charge >= 0.3 is 0 Å². The van der Waals surface area contributed by atoms with E-state index in [0.29, 0.717) is 16.5 Å². The lowest BCUT2D eigenvalue weighted by atomic mass is 10.1. The molecule has 0 saturated heterocycles. The summed E-state index contributed by atoms with van der Waals surface area (Å²) in [6.07, 6.45) is 4.04. The van der Waals surface area contributed by atoms with Crippen molar-refractivity contribution in [2.45, 2.75) is 12.5 Å². The molecule has 1 aromatic heterocycles. The Bertz CT molecular complexity index is 484. The molecular formula is C11H12Cl2N4. The van der Waals surface area contributed by atoms with Gasteiger partial charge in [0.2, 0.25) is 0 Å². The summed E-state index contributed by atoms with van der Waals surface area (Å²) in [4.78, 5) is 7.17. The monoisotopic (exact) mass is 270 g/mol. The predicted octanol–water partition coefficient (Wildman–Crippen LogP) is 2.46. The van der Waals surface area contributed by atoms with E-state index in [4.69, 9.17) is 29.0 Å². The van der Waals surface area contributed by atoms with Crippen LogP contribution in [0.15, 0.2) is 30.6 Å². The minimum Gasteiger partial charge on any atom is -0.347 e. The lowest BCUT2D eigenvalue weighted by Gasteiger charge is -2.14. The van der Waals surface area contributed by atoms with Crippen molar-refractivity contribution in [3.8, 4) is 0 Å². The first-order chi connectivity index (χ1) is 8.20. The Morgan fingerprint density at radius 2 is 2.24 bits per heavy atom. The Morgan fingerprint density at radius 3 is 2.88 bits per heavy atom. The standard InChI is InChI=1S/C11H12Cl2N4/c12-8-1-2-9(13)7(5-8)6-10(17-14)11-15-3-4-16-11/h1-5,10,17H,6,14H2,(H,15,16). The normalized spacial score (nSPS) is 12.6. The first-order valence-electron chi connectivity index (χ1n) is 5.10. The van der Waals surface area contributed by atoms with Gasteiger partial charge in [0.1, 0.15) is 5.82 Å². The Kier molecular flexibility index (Phi) is 4.02. The first kappa shape index (κ1) is 12.4. The van der Waals surface area contributed by atoms with E-state index < -0.39 is 0 Å². The fourth-order valence-corrected chi connectivity index (χ4v) is 2.01. The van der Waals surface area contributed by atoms with Gasteiger partial charge in [-0.25, -0.2) is 10.4 Å². The highest BCUT2D eigenvalue weighted by atomic mass is 35.5. The number of aromatic amines is 1. The molecule has 1 aromatic carbocycles. The van der Waals surface area contributed by atoms with Crippen LogP contribution < -0.4 is 11.3 Å². The number of H-pyrrole nitrogens is 1. The molecular weight excluding hydrogens is 259 g/mol. The molecule has 4 N–H and O–H groups in total. The highest BCUT2D eigenvalue weighted by Crippen LogP contribution is 2.24. The maximum absolute atomic E-state index is 6.10. The summed E-state index contributed by atoms with van der Waals surface area (Å²) in [5.74, 6) is 6.28. The summed E-state index contributed by atoms with van der Waals surface area (Å²) in [5, 5.41) is 1.32. The molecule has 6 heteroatoms. The van der Waals surface area contributed by atoms with Gasteiger partial charge in [-0.1, -0.05) is 23.2 Å². The number of imidazole rings is 1. The molecule has 2 rings (SSSR count). The van der Waals surface area contributed by atoms with Crippen LogP contribution in [0.4, 0.5) is 0 Å². The number of benzene rings is 1. The number of hydrogen-bond donors (Lipinski definition) is 3. The average Bonchev–Trinajstić information content (AvgIpc) is 2.84. The van der Waals surface area contributed by atoms with Crippen LogP contribution in [0.25, 0.3) is 0 Å². The van der Waals surface area contributed by atoms with Crippen molar-refractivity contribution < 1.29 is 0 Å². The molecule has 0 aliphatic rings.